The molecule has 2 aliphatic rings. The van der Waals surface area contributed by atoms with Gasteiger partial charge in [-0.05, 0) is 47.8 Å². The zero-order valence-electron chi connectivity index (χ0n) is 18.1. The number of hydrogen-bond donors (Lipinski definition) is 0. The number of carbonyl (C=O) groups excluding carboxylic acids is 3. The Morgan fingerprint density at radius 2 is 1.64 bits per heavy atom. The maximum absolute atomic E-state index is 12.9. The number of carbonyl (C=O) groups is 3. The van der Waals surface area contributed by atoms with E-state index in [2.05, 4.69) is 14.8 Å². The van der Waals surface area contributed by atoms with E-state index in [0.717, 1.165) is 23.7 Å². The second kappa shape index (κ2) is 9.25. The van der Waals surface area contributed by atoms with Crippen molar-refractivity contribution >= 4 is 34.6 Å². The fourth-order valence-electron chi connectivity index (χ4n) is 4.46. The lowest BCUT2D eigenvalue weighted by molar-refractivity contribution is -0.140. The van der Waals surface area contributed by atoms with Crippen LogP contribution in [0.25, 0.3) is 0 Å². The summed E-state index contributed by atoms with van der Waals surface area (Å²) in [5.74, 6) is -0.193. The number of pyridine rings is 1. The molecule has 2 saturated heterocycles. The number of aromatic nitrogens is 1. The summed E-state index contributed by atoms with van der Waals surface area (Å²) < 4.78 is 0. The molecule has 2 amide bonds. The van der Waals surface area contributed by atoms with Gasteiger partial charge < -0.3 is 4.90 Å². The van der Waals surface area contributed by atoms with Gasteiger partial charge >= 0.3 is 0 Å². The summed E-state index contributed by atoms with van der Waals surface area (Å²) in [7, 11) is 0. The molecule has 1 atom stereocenters. The second-order valence-electron chi connectivity index (χ2n) is 8.25. The number of benzene rings is 1. The van der Waals surface area contributed by atoms with Crippen molar-refractivity contribution in [1.29, 1.82) is 0 Å². The van der Waals surface area contributed by atoms with Crippen molar-refractivity contribution in [3.8, 4) is 0 Å². The van der Waals surface area contributed by atoms with Gasteiger partial charge in [0.15, 0.2) is 5.78 Å². The van der Waals surface area contributed by atoms with E-state index in [1.165, 1.54) is 4.90 Å². The first-order valence-electron chi connectivity index (χ1n) is 11.0. The number of amides is 2. The van der Waals surface area contributed by atoms with Gasteiger partial charge in [0, 0.05) is 60.3 Å². The van der Waals surface area contributed by atoms with Crippen LogP contribution in [-0.4, -0.2) is 64.6 Å². The lowest BCUT2D eigenvalue weighted by Gasteiger charge is -2.38. The summed E-state index contributed by atoms with van der Waals surface area (Å²) in [6, 6.07) is 14.6. The molecule has 168 valence electrons. The average molecular weight is 461 g/mol. The number of piperazine rings is 1. The Bertz CT molecular complexity index is 1140. The molecule has 4 heterocycles. The minimum absolute atomic E-state index is 0.0229. The van der Waals surface area contributed by atoms with Gasteiger partial charge in [-0.1, -0.05) is 6.07 Å². The molecule has 0 N–H and O–H groups in total. The number of hydrogen-bond acceptors (Lipinski definition) is 7. The molecule has 0 bridgehead atoms. The van der Waals surface area contributed by atoms with Gasteiger partial charge in [0.2, 0.25) is 11.8 Å². The molecule has 33 heavy (non-hydrogen) atoms. The van der Waals surface area contributed by atoms with Crippen LogP contribution in [0.3, 0.4) is 0 Å². The van der Waals surface area contributed by atoms with Gasteiger partial charge in [-0.2, -0.15) is 0 Å². The standard InChI is InChI=1S/C25H24N4O3S/c30-23-16-22(25(32)29(23)17-21-2-1-15-33-21)28-13-11-27(12-14-28)20-5-3-18(4-6-20)24(31)19-7-9-26-10-8-19/h1-10,15,22H,11-14,16-17H2/t22-/m1/s1. The van der Waals surface area contributed by atoms with E-state index in [9.17, 15) is 14.4 Å². The number of anilines is 1. The lowest BCUT2D eigenvalue weighted by atomic mass is 10.0. The summed E-state index contributed by atoms with van der Waals surface area (Å²) in [6.45, 7) is 3.33. The molecule has 0 aliphatic carbocycles. The number of rotatable bonds is 6. The number of likely N-dealkylation sites (tertiary alicyclic amines) is 1. The van der Waals surface area contributed by atoms with Gasteiger partial charge in [-0.25, -0.2) is 0 Å². The molecule has 1 aromatic carbocycles. The molecule has 2 aromatic heterocycles. The summed E-state index contributed by atoms with van der Waals surface area (Å²) >= 11 is 1.56. The third-order valence-electron chi connectivity index (χ3n) is 6.31. The topological polar surface area (TPSA) is 73.8 Å². The first-order valence-corrected chi connectivity index (χ1v) is 11.9. The summed E-state index contributed by atoms with van der Waals surface area (Å²) in [5, 5.41) is 1.96. The molecule has 8 heteroatoms. The molecule has 3 aromatic rings. The van der Waals surface area contributed by atoms with E-state index in [1.54, 1.807) is 35.9 Å². The number of imide groups is 1. The zero-order chi connectivity index (χ0) is 22.8. The van der Waals surface area contributed by atoms with E-state index < -0.39 is 0 Å². The Balaban J connectivity index is 1.19. The summed E-state index contributed by atoms with van der Waals surface area (Å²) in [6.07, 6.45) is 3.49. The van der Waals surface area contributed by atoms with E-state index in [0.29, 0.717) is 30.8 Å². The minimum atomic E-state index is -0.361. The second-order valence-corrected chi connectivity index (χ2v) is 9.28. The van der Waals surface area contributed by atoms with Crippen LogP contribution in [0.2, 0.25) is 0 Å². The highest BCUT2D eigenvalue weighted by atomic mass is 32.1. The van der Waals surface area contributed by atoms with Crippen molar-refractivity contribution in [2.75, 3.05) is 31.1 Å². The minimum Gasteiger partial charge on any atom is -0.369 e. The Morgan fingerprint density at radius 3 is 2.30 bits per heavy atom. The molecular formula is C25H24N4O3S. The first kappa shape index (κ1) is 21.5. The first-order chi connectivity index (χ1) is 16.1. The SMILES string of the molecule is O=C(c1ccncc1)c1ccc(N2CCN([C@@H]3CC(=O)N(Cc4cccs4)C3=O)CC2)cc1. The molecule has 7 nitrogen and oxygen atoms in total. The van der Waals surface area contributed by atoms with Crippen molar-refractivity contribution in [2.45, 2.75) is 19.0 Å². The van der Waals surface area contributed by atoms with Gasteiger partial charge in [0.1, 0.15) is 0 Å². The molecule has 0 radical (unpaired) electrons. The van der Waals surface area contributed by atoms with Crippen molar-refractivity contribution in [3.05, 3.63) is 82.3 Å². The Hall–Kier alpha value is -3.36. The highest BCUT2D eigenvalue weighted by molar-refractivity contribution is 7.09. The van der Waals surface area contributed by atoms with Crippen molar-refractivity contribution < 1.29 is 14.4 Å². The molecule has 0 saturated carbocycles. The van der Waals surface area contributed by atoms with E-state index in [1.807, 2.05) is 41.8 Å². The van der Waals surface area contributed by atoms with Gasteiger partial charge in [-0.3, -0.25) is 29.2 Å². The van der Waals surface area contributed by atoms with Crippen LogP contribution >= 0.6 is 11.3 Å². The number of thiophene rings is 1. The van der Waals surface area contributed by atoms with Crippen LogP contribution in [0.4, 0.5) is 5.69 Å². The third kappa shape index (κ3) is 4.44. The highest BCUT2D eigenvalue weighted by Gasteiger charge is 2.42. The molecule has 0 spiro atoms. The lowest BCUT2D eigenvalue weighted by Crippen LogP contribution is -2.52. The fraction of sp³-hybridized carbons (Fsp3) is 0.280. The quantitative estimate of drug-likeness (QED) is 0.416. The van der Waals surface area contributed by atoms with Gasteiger partial charge in [0.05, 0.1) is 19.0 Å². The van der Waals surface area contributed by atoms with Crippen LogP contribution in [0.15, 0.2) is 66.3 Å². The molecule has 2 aliphatic heterocycles. The van der Waals surface area contributed by atoms with Crippen LogP contribution in [0.1, 0.15) is 27.2 Å². The Kier molecular flexibility index (Phi) is 6.02. The summed E-state index contributed by atoms with van der Waals surface area (Å²) in [5.41, 5.74) is 2.31. The monoisotopic (exact) mass is 460 g/mol. The predicted octanol–water partition coefficient (Wildman–Crippen LogP) is 2.82. The normalized spacial score (nSPS) is 19.3. The molecule has 2 fully saturated rings. The van der Waals surface area contributed by atoms with Gasteiger partial charge in [-0.15, -0.1) is 11.3 Å². The van der Waals surface area contributed by atoms with Crippen LogP contribution in [0, 0.1) is 0 Å². The number of ketones is 1. The largest absolute Gasteiger partial charge is 0.369 e. The van der Waals surface area contributed by atoms with Gasteiger partial charge in [0.25, 0.3) is 0 Å². The third-order valence-corrected chi connectivity index (χ3v) is 7.17. The highest BCUT2D eigenvalue weighted by Crippen LogP contribution is 2.25. The van der Waals surface area contributed by atoms with Crippen LogP contribution in [0.5, 0.6) is 0 Å². The summed E-state index contributed by atoms with van der Waals surface area (Å²) in [4.78, 5) is 48.8. The Labute approximate surface area is 196 Å². The molecular weight excluding hydrogens is 436 g/mol. The maximum atomic E-state index is 12.9. The zero-order valence-corrected chi connectivity index (χ0v) is 18.9. The van der Waals surface area contributed by atoms with E-state index in [4.69, 9.17) is 0 Å². The average Bonchev–Trinajstić information content (AvgIpc) is 3.48. The molecule has 0 unspecified atom stereocenters. The fourth-order valence-corrected chi connectivity index (χ4v) is 5.15. The van der Waals surface area contributed by atoms with Crippen LogP contribution < -0.4 is 4.90 Å². The predicted molar refractivity (Wildman–Crippen MR) is 126 cm³/mol. The van der Waals surface area contributed by atoms with Crippen LogP contribution in [-0.2, 0) is 16.1 Å². The smallest absolute Gasteiger partial charge is 0.247 e. The Morgan fingerprint density at radius 1 is 0.939 bits per heavy atom. The van der Waals surface area contributed by atoms with E-state index >= 15 is 0 Å². The molecule has 5 rings (SSSR count). The number of nitrogens with zero attached hydrogens (tertiary/aromatic N) is 4. The van der Waals surface area contributed by atoms with E-state index in [-0.39, 0.29) is 30.1 Å². The maximum Gasteiger partial charge on any atom is 0.247 e. The van der Waals surface area contributed by atoms with Crippen molar-refractivity contribution in [3.63, 3.8) is 0 Å². The van der Waals surface area contributed by atoms with Crippen molar-refractivity contribution in [2.24, 2.45) is 0 Å². The van der Waals surface area contributed by atoms with Crippen molar-refractivity contribution in [1.82, 2.24) is 14.8 Å².